The number of anilines is 1. The van der Waals surface area contributed by atoms with Gasteiger partial charge in [-0.15, -0.1) is 15.3 Å². The molecule has 5 rings (SSSR count). The first kappa shape index (κ1) is 24.2. The summed E-state index contributed by atoms with van der Waals surface area (Å²) in [6, 6.07) is 11.0. The highest BCUT2D eigenvalue weighted by molar-refractivity contribution is 5.82. The Labute approximate surface area is 210 Å². The molecular formula is C24H23F2N9O2. The van der Waals surface area contributed by atoms with Gasteiger partial charge in [0.1, 0.15) is 18.1 Å². The zero-order valence-electron chi connectivity index (χ0n) is 19.9. The molecule has 190 valence electrons. The van der Waals surface area contributed by atoms with E-state index in [4.69, 9.17) is 4.74 Å². The summed E-state index contributed by atoms with van der Waals surface area (Å²) < 4.78 is 33.1. The number of amides is 1. The second kappa shape index (κ2) is 10.6. The average Bonchev–Trinajstić information content (AvgIpc) is 3.29. The monoisotopic (exact) mass is 507 g/mol. The van der Waals surface area contributed by atoms with Crippen molar-refractivity contribution in [1.82, 2.24) is 40.1 Å². The summed E-state index contributed by atoms with van der Waals surface area (Å²) in [5.41, 5.74) is 1.81. The van der Waals surface area contributed by atoms with E-state index in [1.165, 1.54) is 16.8 Å². The third kappa shape index (κ3) is 5.50. The van der Waals surface area contributed by atoms with Crippen LogP contribution >= 0.6 is 0 Å². The minimum atomic E-state index is -2.54. The summed E-state index contributed by atoms with van der Waals surface area (Å²) >= 11 is 0. The van der Waals surface area contributed by atoms with Crippen molar-refractivity contribution in [3.63, 3.8) is 0 Å². The highest BCUT2D eigenvalue weighted by Crippen LogP contribution is 2.22. The maximum absolute atomic E-state index is 12.9. The van der Waals surface area contributed by atoms with E-state index in [9.17, 15) is 13.6 Å². The molecule has 4 heterocycles. The highest BCUT2D eigenvalue weighted by Gasteiger charge is 2.25. The van der Waals surface area contributed by atoms with Gasteiger partial charge in [0.15, 0.2) is 5.82 Å². The first-order valence-corrected chi connectivity index (χ1v) is 11.5. The lowest BCUT2D eigenvalue weighted by Crippen LogP contribution is -2.50. The highest BCUT2D eigenvalue weighted by atomic mass is 19.3. The zero-order chi connectivity index (χ0) is 25.8. The standard InChI is InChI=1S/C24H23F2N9O2/c1-16-19(35(32-29-16)18-5-3-17(4-6-18)24(25)26)15-37-22-8-7-21(30-31-22)33-11-12-34(23(36)14-33)13-20-27-9-2-10-28-20/h2-10,24H,11-15H2,1H3. The molecule has 0 N–H and O–H groups in total. The number of halogens is 2. The summed E-state index contributed by atoms with van der Waals surface area (Å²) in [6.07, 6.45) is 0.767. The third-order valence-corrected chi connectivity index (χ3v) is 5.92. The van der Waals surface area contributed by atoms with Crippen LogP contribution in [0.1, 0.15) is 29.2 Å². The molecule has 1 saturated heterocycles. The van der Waals surface area contributed by atoms with E-state index in [0.29, 0.717) is 48.4 Å². The van der Waals surface area contributed by atoms with E-state index in [2.05, 4.69) is 30.5 Å². The van der Waals surface area contributed by atoms with Crippen LogP contribution in [0, 0.1) is 6.92 Å². The van der Waals surface area contributed by atoms with Gasteiger partial charge in [-0.2, -0.15) is 0 Å². The predicted molar refractivity (Wildman–Crippen MR) is 127 cm³/mol. The first-order chi connectivity index (χ1) is 18.0. The molecule has 0 radical (unpaired) electrons. The van der Waals surface area contributed by atoms with Crippen molar-refractivity contribution in [1.29, 1.82) is 0 Å². The summed E-state index contributed by atoms with van der Waals surface area (Å²) in [7, 11) is 0. The molecule has 0 bridgehead atoms. The molecule has 1 aromatic carbocycles. The fraction of sp³-hybridized carbons (Fsp3) is 0.292. The summed E-state index contributed by atoms with van der Waals surface area (Å²) in [5, 5.41) is 16.5. The van der Waals surface area contributed by atoms with Crippen molar-refractivity contribution in [3.8, 4) is 11.6 Å². The molecule has 1 fully saturated rings. The summed E-state index contributed by atoms with van der Waals surface area (Å²) in [6.45, 7) is 3.55. The number of carbonyl (C=O) groups excluding carboxylic acids is 1. The molecule has 0 atom stereocenters. The molecule has 37 heavy (non-hydrogen) atoms. The largest absolute Gasteiger partial charge is 0.470 e. The van der Waals surface area contributed by atoms with Crippen molar-refractivity contribution in [2.75, 3.05) is 24.5 Å². The van der Waals surface area contributed by atoms with Gasteiger partial charge >= 0.3 is 0 Å². The van der Waals surface area contributed by atoms with E-state index in [0.717, 1.165) is 0 Å². The lowest BCUT2D eigenvalue weighted by atomic mass is 10.2. The Bertz CT molecular complexity index is 1350. The SMILES string of the molecule is Cc1nnn(-c2ccc(C(F)F)cc2)c1COc1ccc(N2CCN(Cc3ncccn3)C(=O)C2)nn1. The molecule has 0 saturated carbocycles. The second-order valence-electron chi connectivity index (χ2n) is 8.35. The van der Waals surface area contributed by atoms with E-state index in [1.54, 1.807) is 54.5 Å². The smallest absolute Gasteiger partial charge is 0.263 e. The number of nitrogens with zero attached hydrogens (tertiary/aromatic N) is 9. The molecule has 0 unspecified atom stereocenters. The van der Waals surface area contributed by atoms with Gasteiger partial charge in [-0.05, 0) is 31.2 Å². The van der Waals surface area contributed by atoms with E-state index in [1.807, 2.05) is 4.90 Å². The van der Waals surface area contributed by atoms with E-state index >= 15 is 0 Å². The number of piperazine rings is 1. The van der Waals surface area contributed by atoms with Crippen LogP contribution in [0.4, 0.5) is 14.6 Å². The molecule has 13 heteroatoms. The molecule has 4 aromatic rings. The molecule has 1 aliphatic heterocycles. The Morgan fingerprint density at radius 3 is 2.46 bits per heavy atom. The van der Waals surface area contributed by atoms with Crippen molar-refractivity contribution >= 4 is 11.7 Å². The minimum absolute atomic E-state index is 0.0429. The number of aromatic nitrogens is 7. The van der Waals surface area contributed by atoms with Crippen LogP contribution in [0.5, 0.6) is 5.88 Å². The Hall–Kier alpha value is -4.55. The second-order valence-corrected chi connectivity index (χ2v) is 8.35. The van der Waals surface area contributed by atoms with Gasteiger partial charge < -0.3 is 14.5 Å². The molecule has 11 nitrogen and oxygen atoms in total. The number of aryl methyl sites for hydroxylation is 1. The van der Waals surface area contributed by atoms with E-state index in [-0.39, 0.29) is 30.5 Å². The van der Waals surface area contributed by atoms with Crippen molar-refractivity contribution < 1.29 is 18.3 Å². The van der Waals surface area contributed by atoms with Gasteiger partial charge in [-0.25, -0.2) is 23.4 Å². The normalized spacial score (nSPS) is 13.9. The predicted octanol–water partition coefficient (Wildman–Crippen LogP) is 2.52. The van der Waals surface area contributed by atoms with Gasteiger partial charge in [0, 0.05) is 37.1 Å². The molecule has 0 aliphatic carbocycles. The Morgan fingerprint density at radius 2 is 1.78 bits per heavy atom. The van der Waals surface area contributed by atoms with Crippen LogP contribution in [0.3, 0.4) is 0 Å². The van der Waals surface area contributed by atoms with Crippen molar-refractivity contribution in [3.05, 3.63) is 77.6 Å². The van der Waals surface area contributed by atoms with Crippen molar-refractivity contribution in [2.45, 2.75) is 26.5 Å². The van der Waals surface area contributed by atoms with Gasteiger partial charge in [0.25, 0.3) is 6.43 Å². The molecule has 0 spiro atoms. The molecular weight excluding hydrogens is 484 g/mol. The maximum atomic E-state index is 12.9. The van der Waals surface area contributed by atoms with Crippen LogP contribution in [0.2, 0.25) is 0 Å². The lowest BCUT2D eigenvalue weighted by Gasteiger charge is -2.34. The molecule has 1 aliphatic rings. The number of alkyl halides is 2. The van der Waals surface area contributed by atoms with Crippen molar-refractivity contribution in [2.24, 2.45) is 0 Å². The summed E-state index contributed by atoms with van der Waals surface area (Å²) in [5.74, 6) is 1.41. The van der Waals surface area contributed by atoms with Crippen LogP contribution in [0.25, 0.3) is 5.69 Å². The zero-order valence-corrected chi connectivity index (χ0v) is 19.9. The van der Waals surface area contributed by atoms with Gasteiger partial charge in [0.2, 0.25) is 11.8 Å². The minimum Gasteiger partial charge on any atom is -0.470 e. The topological polar surface area (TPSA) is 115 Å². The van der Waals surface area contributed by atoms with Gasteiger partial charge in [0.05, 0.1) is 24.5 Å². The number of hydrogen-bond donors (Lipinski definition) is 0. The Morgan fingerprint density at radius 1 is 1.00 bits per heavy atom. The summed E-state index contributed by atoms with van der Waals surface area (Å²) in [4.78, 5) is 24.5. The lowest BCUT2D eigenvalue weighted by molar-refractivity contribution is -0.131. The average molecular weight is 508 g/mol. The number of benzene rings is 1. The van der Waals surface area contributed by atoms with Crippen LogP contribution in [-0.4, -0.2) is 65.6 Å². The quantitative estimate of drug-likeness (QED) is 0.355. The van der Waals surface area contributed by atoms with E-state index < -0.39 is 6.43 Å². The first-order valence-electron chi connectivity index (χ1n) is 11.5. The Balaban J connectivity index is 1.19. The third-order valence-electron chi connectivity index (χ3n) is 5.92. The fourth-order valence-corrected chi connectivity index (χ4v) is 3.87. The fourth-order valence-electron chi connectivity index (χ4n) is 3.87. The van der Waals surface area contributed by atoms with Crippen LogP contribution < -0.4 is 9.64 Å². The van der Waals surface area contributed by atoms with Crippen LogP contribution in [-0.2, 0) is 17.9 Å². The number of carbonyl (C=O) groups is 1. The number of rotatable bonds is 8. The Kier molecular flexibility index (Phi) is 6.92. The van der Waals surface area contributed by atoms with Gasteiger partial charge in [-0.3, -0.25) is 4.79 Å². The van der Waals surface area contributed by atoms with Crippen LogP contribution in [0.15, 0.2) is 54.9 Å². The number of ether oxygens (including phenoxy) is 1. The van der Waals surface area contributed by atoms with Gasteiger partial charge in [-0.1, -0.05) is 17.3 Å². The maximum Gasteiger partial charge on any atom is 0.263 e. The molecule has 3 aromatic heterocycles. The number of hydrogen-bond acceptors (Lipinski definition) is 9. The molecule has 1 amide bonds.